The summed E-state index contributed by atoms with van der Waals surface area (Å²) in [6, 6.07) is 3.95. The molecule has 0 amide bonds. The number of nitrogens with two attached hydrogens (primary N) is 1. The number of anilines is 2. The Hall–Kier alpha value is -4.02. The molecule has 1 aromatic carbocycles. The number of nitrogens with zero attached hydrogens (tertiary/aromatic N) is 6. The van der Waals surface area contributed by atoms with Gasteiger partial charge in [-0.2, -0.15) is 13.2 Å². The zero-order valence-corrected chi connectivity index (χ0v) is 27.7. The van der Waals surface area contributed by atoms with E-state index in [0.29, 0.717) is 79.4 Å². The van der Waals surface area contributed by atoms with Gasteiger partial charge in [0.15, 0.2) is 5.13 Å². The molecule has 256 valence electrons. The van der Waals surface area contributed by atoms with E-state index in [4.69, 9.17) is 15.2 Å². The first-order valence-electron chi connectivity index (χ1n) is 15.2. The molecule has 0 unspecified atom stereocenters. The highest BCUT2D eigenvalue weighted by Crippen LogP contribution is 2.40. The molecule has 1 aliphatic heterocycles. The molecule has 0 radical (unpaired) electrons. The van der Waals surface area contributed by atoms with Crippen LogP contribution in [0.5, 0.6) is 5.75 Å². The molecular formula is C31H41F3N8O4S. The number of rotatable bonds is 15. The molecule has 0 aliphatic carbocycles. The Morgan fingerprint density at radius 2 is 1.98 bits per heavy atom. The van der Waals surface area contributed by atoms with E-state index in [1.165, 1.54) is 30.7 Å². The minimum absolute atomic E-state index is 0.0418. The van der Waals surface area contributed by atoms with Crippen LogP contribution in [0, 0.1) is 11.8 Å². The topological polar surface area (TPSA) is 151 Å². The molecule has 12 nitrogen and oxygen atoms in total. The number of ether oxygens (including phenoxy) is 2. The van der Waals surface area contributed by atoms with Gasteiger partial charge in [0.2, 0.25) is 0 Å². The number of alkyl halides is 3. The van der Waals surface area contributed by atoms with Crippen LogP contribution in [0.3, 0.4) is 0 Å². The second-order valence-electron chi connectivity index (χ2n) is 11.6. The van der Waals surface area contributed by atoms with Gasteiger partial charge in [-0.1, -0.05) is 13.8 Å². The number of piperidine rings is 1. The maximum atomic E-state index is 13.9. The maximum Gasteiger partial charge on any atom is 0.419 e. The van der Waals surface area contributed by atoms with Gasteiger partial charge in [-0.05, 0) is 37.0 Å². The number of aromatic nitrogens is 3. The lowest BCUT2D eigenvalue weighted by Gasteiger charge is -2.30. The van der Waals surface area contributed by atoms with E-state index in [1.54, 1.807) is 19.4 Å². The van der Waals surface area contributed by atoms with Crippen molar-refractivity contribution in [3.05, 3.63) is 46.7 Å². The van der Waals surface area contributed by atoms with Crippen molar-refractivity contribution in [2.75, 3.05) is 63.9 Å². The lowest BCUT2D eigenvalue weighted by Crippen LogP contribution is -2.36. The molecule has 0 saturated carbocycles. The molecule has 47 heavy (non-hydrogen) atoms. The minimum Gasteiger partial charge on any atom is -0.496 e. The summed E-state index contributed by atoms with van der Waals surface area (Å²) in [7, 11) is 2.83. The molecule has 1 aliphatic rings. The summed E-state index contributed by atoms with van der Waals surface area (Å²) in [5, 5.41) is 12.8. The third kappa shape index (κ3) is 9.74. The molecule has 4 rings (SSSR count). The summed E-state index contributed by atoms with van der Waals surface area (Å²) >= 11 is 1.34. The van der Waals surface area contributed by atoms with Crippen LogP contribution in [0.1, 0.15) is 42.8 Å². The molecule has 0 atom stereocenters. The van der Waals surface area contributed by atoms with Gasteiger partial charge in [-0.3, -0.25) is 9.69 Å². The Bertz CT molecular complexity index is 1510. The van der Waals surface area contributed by atoms with Gasteiger partial charge in [0.1, 0.15) is 29.8 Å². The van der Waals surface area contributed by atoms with Crippen molar-refractivity contribution in [1.29, 1.82) is 0 Å². The van der Waals surface area contributed by atoms with Crippen molar-refractivity contribution in [2.24, 2.45) is 22.6 Å². The minimum atomic E-state index is -4.61. The number of carboxylic acids is 1. The number of carbonyl (C=O) groups is 1. The highest BCUT2D eigenvalue weighted by Gasteiger charge is 2.35. The number of thiazole rings is 1. The van der Waals surface area contributed by atoms with Crippen LogP contribution in [0.4, 0.5) is 24.1 Å². The quantitative estimate of drug-likeness (QED) is 0.150. The van der Waals surface area contributed by atoms with Gasteiger partial charge in [-0.25, -0.2) is 19.9 Å². The molecule has 0 bridgehead atoms. The number of nitrogens with one attached hydrogen (secondary N) is 1. The number of benzene rings is 1. The maximum absolute atomic E-state index is 13.9. The molecule has 4 N–H and O–H groups in total. The summed E-state index contributed by atoms with van der Waals surface area (Å²) in [5.41, 5.74) is 6.43. The Kier molecular flexibility index (Phi) is 12.3. The highest BCUT2D eigenvalue weighted by molar-refractivity contribution is 7.16. The Morgan fingerprint density at radius 1 is 1.23 bits per heavy atom. The standard InChI is InChI=1S/C31H41F3N8O4S/c1-19(2)16-41(11-12-45-3)17-25-27(21-5-6-24(46-4)22(13-21)31(32,33)34)40-30(47-25)39-18-38-28(35)23-14-37-26(15-36-23)42-9-7-20(8-10-42)29(43)44/h5-6,13-15,19-20H,7-12,16-18H2,1-4H3,(H2,35,38)(H,39,40)(H,43,44). The van der Waals surface area contributed by atoms with Crippen molar-refractivity contribution >= 4 is 34.1 Å². The Labute approximate surface area is 275 Å². The van der Waals surface area contributed by atoms with Crippen LogP contribution >= 0.6 is 11.3 Å². The SMILES string of the molecule is COCCN(Cc1sc(NCN=C(N)c2cnc(N3CCC(C(=O)O)CC3)cn2)nc1-c1ccc(OC)c(C(F)(F)F)c1)CC(C)C. The van der Waals surface area contributed by atoms with Gasteiger partial charge in [-0.15, -0.1) is 11.3 Å². The number of aliphatic imine (C=N–C) groups is 1. The largest absolute Gasteiger partial charge is 0.496 e. The summed E-state index contributed by atoms with van der Waals surface area (Å²) in [6.07, 6.45) is -0.423. The fraction of sp³-hybridized carbons (Fsp3) is 0.516. The van der Waals surface area contributed by atoms with Crippen LogP contribution in [0.15, 0.2) is 35.6 Å². The van der Waals surface area contributed by atoms with Crippen LogP contribution < -0.4 is 20.7 Å². The van der Waals surface area contributed by atoms with Gasteiger partial charge in [0, 0.05) is 50.3 Å². The second-order valence-corrected chi connectivity index (χ2v) is 12.6. The van der Waals surface area contributed by atoms with Gasteiger partial charge >= 0.3 is 12.1 Å². The van der Waals surface area contributed by atoms with E-state index >= 15 is 0 Å². The predicted octanol–water partition coefficient (Wildman–Crippen LogP) is 4.81. The summed E-state index contributed by atoms with van der Waals surface area (Å²) in [6.45, 7) is 7.78. The zero-order valence-electron chi connectivity index (χ0n) is 26.9. The first-order chi connectivity index (χ1) is 22.4. The van der Waals surface area contributed by atoms with E-state index in [1.807, 2.05) is 4.90 Å². The first kappa shape index (κ1) is 35.8. The van der Waals surface area contributed by atoms with Crippen molar-refractivity contribution < 1.29 is 32.5 Å². The van der Waals surface area contributed by atoms with E-state index < -0.39 is 17.7 Å². The van der Waals surface area contributed by atoms with Crippen LogP contribution in [0.2, 0.25) is 0 Å². The van der Waals surface area contributed by atoms with Crippen molar-refractivity contribution in [3.63, 3.8) is 0 Å². The van der Waals surface area contributed by atoms with Crippen molar-refractivity contribution in [1.82, 2.24) is 19.9 Å². The number of amidine groups is 1. The zero-order chi connectivity index (χ0) is 34.1. The molecule has 3 heterocycles. The fourth-order valence-electron chi connectivity index (χ4n) is 5.26. The number of hydrogen-bond donors (Lipinski definition) is 3. The number of methoxy groups -OCH3 is 2. The normalized spacial score (nSPS) is 14.7. The van der Waals surface area contributed by atoms with E-state index in [0.717, 1.165) is 17.5 Å². The number of carboxylic acid groups (broad SMARTS) is 1. The lowest BCUT2D eigenvalue weighted by molar-refractivity contribution is -0.142. The first-order valence-corrected chi connectivity index (χ1v) is 16.0. The summed E-state index contributed by atoms with van der Waals surface area (Å²) in [4.78, 5) is 34.0. The predicted molar refractivity (Wildman–Crippen MR) is 175 cm³/mol. The van der Waals surface area contributed by atoms with Gasteiger partial charge in [0.25, 0.3) is 0 Å². The second kappa shape index (κ2) is 16.2. The van der Waals surface area contributed by atoms with Crippen LogP contribution in [0.25, 0.3) is 11.3 Å². The van der Waals surface area contributed by atoms with E-state index in [2.05, 4.69) is 44.0 Å². The molecule has 3 aromatic rings. The van der Waals surface area contributed by atoms with Crippen molar-refractivity contribution in [3.8, 4) is 17.0 Å². The van der Waals surface area contributed by atoms with Gasteiger partial charge in [0.05, 0.1) is 43.3 Å². The number of hydrogen-bond acceptors (Lipinski definition) is 11. The molecule has 1 fully saturated rings. The van der Waals surface area contributed by atoms with E-state index in [-0.39, 0.29) is 24.2 Å². The van der Waals surface area contributed by atoms with E-state index in [9.17, 15) is 23.1 Å². The van der Waals surface area contributed by atoms with Crippen LogP contribution in [-0.4, -0.2) is 90.4 Å². The third-order valence-electron chi connectivity index (χ3n) is 7.63. The average Bonchev–Trinajstić information content (AvgIpc) is 3.44. The highest BCUT2D eigenvalue weighted by atomic mass is 32.1. The number of halogens is 3. The van der Waals surface area contributed by atoms with Gasteiger partial charge < -0.3 is 30.5 Å². The average molecular weight is 679 g/mol. The third-order valence-corrected chi connectivity index (χ3v) is 8.62. The lowest BCUT2D eigenvalue weighted by atomic mass is 9.97. The monoisotopic (exact) mass is 678 g/mol. The summed E-state index contributed by atoms with van der Waals surface area (Å²) < 4.78 is 51.9. The molecule has 16 heteroatoms. The fourth-order valence-corrected chi connectivity index (χ4v) is 6.27. The smallest absolute Gasteiger partial charge is 0.419 e. The molecule has 0 spiro atoms. The Morgan fingerprint density at radius 3 is 2.57 bits per heavy atom. The Balaban J connectivity index is 1.52. The van der Waals surface area contributed by atoms with Crippen molar-refractivity contribution in [2.45, 2.75) is 39.4 Å². The molecule has 2 aromatic heterocycles. The molecular weight excluding hydrogens is 637 g/mol. The number of aliphatic carboxylic acids is 1. The van der Waals surface area contributed by atoms with Crippen LogP contribution in [-0.2, 0) is 22.3 Å². The molecule has 1 saturated heterocycles. The summed E-state index contributed by atoms with van der Waals surface area (Å²) in [5.74, 6) is -0.248.